The van der Waals surface area contributed by atoms with Crippen LogP contribution in [0.4, 0.5) is 5.69 Å². The molecular formula is C19H15ClN2O3S. The molecule has 1 amide bonds. The molecule has 0 radical (unpaired) electrons. The third-order valence-electron chi connectivity index (χ3n) is 3.51. The number of carbonyl (C=O) groups excluding carboxylic acids is 1. The first-order valence-electron chi connectivity index (χ1n) is 7.67. The van der Waals surface area contributed by atoms with Crippen LogP contribution in [0, 0.1) is 0 Å². The van der Waals surface area contributed by atoms with Gasteiger partial charge < -0.3 is 14.5 Å². The van der Waals surface area contributed by atoms with Crippen LogP contribution in [0.15, 0.2) is 65.1 Å². The Morgan fingerprint density at radius 3 is 2.62 bits per heavy atom. The molecule has 2 aromatic carbocycles. The van der Waals surface area contributed by atoms with Gasteiger partial charge in [-0.2, -0.15) is 0 Å². The second kappa shape index (κ2) is 8.03. The molecule has 7 heteroatoms. The van der Waals surface area contributed by atoms with Gasteiger partial charge in [0.05, 0.1) is 7.11 Å². The molecule has 3 aromatic rings. The van der Waals surface area contributed by atoms with Gasteiger partial charge in [0.15, 0.2) is 10.9 Å². The number of methoxy groups -OCH3 is 1. The van der Waals surface area contributed by atoms with Crippen molar-refractivity contribution in [3.8, 4) is 17.1 Å². The predicted molar refractivity (Wildman–Crippen MR) is 106 cm³/mol. The Labute approximate surface area is 160 Å². The maximum absolute atomic E-state index is 12.3. The zero-order valence-electron chi connectivity index (χ0n) is 13.8. The Balaban J connectivity index is 1.64. The van der Waals surface area contributed by atoms with E-state index in [1.54, 1.807) is 37.4 Å². The van der Waals surface area contributed by atoms with Gasteiger partial charge in [0.2, 0.25) is 0 Å². The topological polar surface area (TPSA) is 63.5 Å². The Morgan fingerprint density at radius 1 is 1.12 bits per heavy atom. The average Bonchev–Trinajstić information content (AvgIpc) is 3.12. The number of nitrogens with one attached hydrogen (secondary N) is 2. The van der Waals surface area contributed by atoms with Crippen LogP contribution in [0.25, 0.3) is 11.3 Å². The minimum atomic E-state index is -0.439. The van der Waals surface area contributed by atoms with Gasteiger partial charge in [0, 0.05) is 22.3 Å². The van der Waals surface area contributed by atoms with Gasteiger partial charge >= 0.3 is 0 Å². The molecule has 2 N–H and O–H groups in total. The second-order valence-electron chi connectivity index (χ2n) is 5.31. The molecular weight excluding hydrogens is 372 g/mol. The van der Waals surface area contributed by atoms with E-state index in [1.807, 2.05) is 30.3 Å². The van der Waals surface area contributed by atoms with Crippen LogP contribution in [0.2, 0.25) is 5.02 Å². The summed E-state index contributed by atoms with van der Waals surface area (Å²) in [5.74, 6) is 0.969. The maximum Gasteiger partial charge on any atom is 0.293 e. The molecule has 1 heterocycles. The van der Waals surface area contributed by atoms with E-state index in [4.69, 9.17) is 33.0 Å². The van der Waals surface area contributed by atoms with Crippen LogP contribution in [0.3, 0.4) is 0 Å². The molecule has 132 valence electrons. The van der Waals surface area contributed by atoms with Crippen LogP contribution in [-0.4, -0.2) is 18.1 Å². The molecule has 26 heavy (non-hydrogen) atoms. The van der Waals surface area contributed by atoms with Crippen LogP contribution < -0.4 is 15.4 Å². The largest absolute Gasteiger partial charge is 0.497 e. The predicted octanol–water partition coefficient (Wildman–Crippen LogP) is 4.74. The Bertz CT molecular complexity index is 938. The molecule has 0 fully saturated rings. The van der Waals surface area contributed by atoms with Gasteiger partial charge in [-0.15, -0.1) is 0 Å². The lowest BCUT2D eigenvalue weighted by Gasteiger charge is -2.09. The molecule has 0 saturated heterocycles. The number of thiocarbonyl (C=S) groups is 1. The first-order chi connectivity index (χ1) is 12.5. The fourth-order valence-electron chi connectivity index (χ4n) is 2.26. The number of rotatable bonds is 4. The molecule has 0 aliphatic carbocycles. The Kier molecular flexibility index (Phi) is 5.55. The van der Waals surface area contributed by atoms with Gasteiger partial charge in [0.1, 0.15) is 11.5 Å². The van der Waals surface area contributed by atoms with E-state index in [0.29, 0.717) is 22.2 Å². The summed E-state index contributed by atoms with van der Waals surface area (Å²) >= 11 is 11.0. The second-order valence-corrected chi connectivity index (χ2v) is 6.16. The smallest absolute Gasteiger partial charge is 0.293 e. The van der Waals surface area contributed by atoms with E-state index in [0.717, 1.165) is 5.56 Å². The normalized spacial score (nSPS) is 10.2. The van der Waals surface area contributed by atoms with Crippen LogP contribution in [0.1, 0.15) is 10.6 Å². The summed E-state index contributed by atoms with van der Waals surface area (Å²) in [5.41, 5.74) is 1.53. The highest BCUT2D eigenvalue weighted by Gasteiger charge is 2.14. The quantitative estimate of drug-likeness (QED) is 0.634. The SMILES string of the molecule is COc1cccc(NC(=S)NC(=O)c2ccc(-c3ccc(Cl)cc3)o2)c1. The monoisotopic (exact) mass is 386 g/mol. The standard InChI is InChI=1S/C19H15ClN2O3S/c1-24-15-4-2-3-14(11-15)21-19(26)22-18(23)17-10-9-16(25-17)12-5-7-13(20)8-6-12/h2-11H,1H3,(H2,21,22,23,26). The maximum atomic E-state index is 12.3. The van der Waals surface area contributed by atoms with Crippen LogP contribution >= 0.6 is 23.8 Å². The van der Waals surface area contributed by atoms with Gasteiger partial charge in [-0.3, -0.25) is 10.1 Å². The van der Waals surface area contributed by atoms with Crippen molar-refractivity contribution in [3.63, 3.8) is 0 Å². The van der Waals surface area contributed by atoms with Gasteiger partial charge in [0.25, 0.3) is 5.91 Å². The fourth-order valence-corrected chi connectivity index (χ4v) is 2.59. The third-order valence-corrected chi connectivity index (χ3v) is 3.97. The Morgan fingerprint density at radius 2 is 1.88 bits per heavy atom. The molecule has 0 spiro atoms. The summed E-state index contributed by atoms with van der Waals surface area (Å²) in [4.78, 5) is 12.3. The molecule has 0 unspecified atom stereocenters. The number of furan rings is 1. The van der Waals surface area contributed by atoms with Crippen molar-refractivity contribution in [1.29, 1.82) is 0 Å². The average molecular weight is 387 g/mol. The number of anilines is 1. The number of benzene rings is 2. The lowest BCUT2D eigenvalue weighted by Crippen LogP contribution is -2.33. The zero-order valence-corrected chi connectivity index (χ0v) is 15.4. The van der Waals surface area contributed by atoms with E-state index in [-0.39, 0.29) is 10.9 Å². The third kappa shape index (κ3) is 4.41. The number of ether oxygens (including phenoxy) is 1. The summed E-state index contributed by atoms with van der Waals surface area (Å²) in [5, 5.41) is 6.30. The van der Waals surface area contributed by atoms with E-state index in [1.165, 1.54) is 0 Å². The summed E-state index contributed by atoms with van der Waals surface area (Å²) < 4.78 is 10.7. The van der Waals surface area contributed by atoms with Crippen molar-refractivity contribution in [2.75, 3.05) is 12.4 Å². The van der Waals surface area contributed by atoms with Crippen LogP contribution in [-0.2, 0) is 0 Å². The number of amides is 1. The van der Waals surface area contributed by atoms with Crippen molar-refractivity contribution in [2.45, 2.75) is 0 Å². The molecule has 3 rings (SSSR count). The highest BCUT2D eigenvalue weighted by Crippen LogP contribution is 2.24. The van der Waals surface area contributed by atoms with Crippen molar-refractivity contribution >= 4 is 40.5 Å². The molecule has 0 saturated carbocycles. The van der Waals surface area contributed by atoms with Crippen molar-refractivity contribution < 1.29 is 13.9 Å². The number of carbonyl (C=O) groups is 1. The minimum absolute atomic E-state index is 0.157. The molecule has 5 nitrogen and oxygen atoms in total. The van der Waals surface area contributed by atoms with Gasteiger partial charge in [-0.05, 0) is 60.7 Å². The fraction of sp³-hybridized carbons (Fsp3) is 0.0526. The molecule has 0 bridgehead atoms. The van der Waals surface area contributed by atoms with Crippen molar-refractivity contribution in [3.05, 3.63) is 71.4 Å². The zero-order chi connectivity index (χ0) is 18.5. The molecule has 0 aliphatic heterocycles. The molecule has 0 aliphatic rings. The first kappa shape index (κ1) is 18.0. The van der Waals surface area contributed by atoms with Gasteiger partial charge in [-0.25, -0.2) is 0 Å². The Hall–Kier alpha value is -2.83. The summed E-state index contributed by atoms with van der Waals surface area (Å²) in [6, 6.07) is 17.7. The number of halogens is 1. The van der Waals surface area contributed by atoms with E-state index in [2.05, 4.69) is 10.6 Å². The summed E-state index contributed by atoms with van der Waals surface area (Å²) in [6.45, 7) is 0. The highest BCUT2D eigenvalue weighted by molar-refractivity contribution is 7.80. The number of hydrogen-bond acceptors (Lipinski definition) is 4. The van der Waals surface area contributed by atoms with Gasteiger partial charge in [-0.1, -0.05) is 17.7 Å². The van der Waals surface area contributed by atoms with Crippen LogP contribution in [0.5, 0.6) is 5.75 Å². The first-order valence-corrected chi connectivity index (χ1v) is 8.46. The number of hydrogen-bond donors (Lipinski definition) is 2. The van der Waals surface area contributed by atoms with E-state index < -0.39 is 5.91 Å². The minimum Gasteiger partial charge on any atom is -0.497 e. The highest BCUT2D eigenvalue weighted by atomic mass is 35.5. The summed E-state index contributed by atoms with van der Waals surface area (Å²) in [7, 11) is 1.58. The summed E-state index contributed by atoms with van der Waals surface area (Å²) in [6.07, 6.45) is 0. The van der Waals surface area contributed by atoms with Crippen molar-refractivity contribution in [1.82, 2.24) is 5.32 Å². The lowest BCUT2D eigenvalue weighted by atomic mass is 10.2. The van der Waals surface area contributed by atoms with E-state index >= 15 is 0 Å². The lowest BCUT2D eigenvalue weighted by molar-refractivity contribution is 0.0951. The molecule has 0 atom stereocenters. The molecule has 1 aromatic heterocycles. The van der Waals surface area contributed by atoms with Crippen molar-refractivity contribution in [2.24, 2.45) is 0 Å². The van der Waals surface area contributed by atoms with E-state index in [9.17, 15) is 4.79 Å².